The molecule has 1 saturated carbocycles. The lowest BCUT2D eigenvalue weighted by atomic mass is 9.77. The van der Waals surface area contributed by atoms with E-state index >= 15 is 0 Å². The minimum Gasteiger partial charge on any atom is -0.324 e. The normalized spacial score (nSPS) is 35.4. The van der Waals surface area contributed by atoms with E-state index in [1.54, 1.807) is 0 Å². The zero-order valence-corrected chi connectivity index (χ0v) is 10.3. The predicted octanol–water partition coefficient (Wildman–Crippen LogP) is 1.04. The zero-order valence-electron chi connectivity index (χ0n) is 10.3. The summed E-state index contributed by atoms with van der Waals surface area (Å²) >= 11 is 0. The second-order valence-corrected chi connectivity index (χ2v) is 6.14. The van der Waals surface area contributed by atoms with E-state index in [9.17, 15) is 0 Å². The topological polar surface area (TPSA) is 32.5 Å². The third-order valence-electron chi connectivity index (χ3n) is 4.79. The highest BCUT2D eigenvalue weighted by Gasteiger charge is 2.37. The van der Waals surface area contributed by atoms with Gasteiger partial charge < -0.3 is 5.73 Å². The first kappa shape index (κ1) is 11.0. The average Bonchev–Trinajstić information content (AvgIpc) is 2.83. The highest BCUT2D eigenvalue weighted by atomic mass is 15.3. The Balaban J connectivity index is 1.48. The third-order valence-corrected chi connectivity index (χ3v) is 4.79. The van der Waals surface area contributed by atoms with Gasteiger partial charge in [-0.2, -0.15) is 0 Å². The Kier molecular flexibility index (Phi) is 2.94. The van der Waals surface area contributed by atoms with E-state index in [4.69, 9.17) is 5.73 Å². The summed E-state index contributed by atoms with van der Waals surface area (Å²) in [6.45, 7) is 6.38. The van der Waals surface area contributed by atoms with Crippen molar-refractivity contribution in [3.05, 3.63) is 0 Å². The predicted molar refractivity (Wildman–Crippen MR) is 66.4 cm³/mol. The molecule has 92 valence electrons. The lowest BCUT2D eigenvalue weighted by Crippen LogP contribution is -2.54. The van der Waals surface area contributed by atoms with Crippen LogP contribution in [0.1, 0.15) is 38.5 Å². The van der Waals surface area contributed by atoms with Crippen molar-refractivity contribution in [3.63, 3.8) is 0 Å². The Bertz CT molecular complexity index is 244. The molecule has 3 rings (SSSR count). The standard InChI is InChI=1S/C13H25N3/c14-13(5-3-6-13)11-15-9-4-12(10-15)16-7-1-2-8-16/h12H,1-11,14H2. The van der Waals surface area contributed by atoms with Gasteiger partial charge in [0.15, 0.2) is 0 Å². The second kappa shape index (κ2) is 4.28. The van der Waals surface area contributed by atoms with Crippen molar-refractivity contribution >= 4 is 0 Å². The number of nitrogens with two attached hydrogens (primary N) is 1. The molecule has 3 nitrogen and oxygen atoms in total. The van der Waals surface area contributed by atoms with E-state index in [2.05, 4.69) is 9.80 Å². The molecule has 1 aliphatic carbocycles. The molecule has 3 heteroatoms. The van der Waals surface area contributed by atoms with Crippen molar-refractivity contribution < 1.29 is 0 Å². The maximum atomic E-state index is 6.33. The molecule has 2 heterocycles. The Labute approximate surface area is 99.0 Å². The summed E-state index contributed by atoms with van der Waals surface area (Å²) in [4.78, 5) is 5.31. The lowest BCUT2D eigenvalue weighted by Gasteiger charge is -2.41. The van der Waals surface area contributed by atoms with Gasteiger partial charge in [0.05, 0.1) is 0 Å². The van der Waals surface area contributed by atoms with Crippen LogP contribution in [-0.2, 0) is 0 Å². The van der Waals surface area contributed by atoms with E-state index < -0.39 is 0 Å². The summed E-state index contributed by atoms with van der Waals surface area (Å²) in [6.07, 6.45) is 8.04. The van der Waals surface area contributed by atoms with Gasteiger partial charge in [-0.1, -0.05) is 0 Å². The fraction of sp³-hybridized carbons (Fsp3) is 1.00. The van der Waals surface area contributed by atoms with E-state index in [0.717, 1.165) is 12.6 Å². The molecule has 2 aliphatic heterocycles. The Morgan fingerprint density at radius 2 is 1.81 bits per heavy atom. The van der Waals surface area contributed by atoms with Gasteiger partial charge in [-0.05, 0) is 58.2 Å². The van der Waals surface area contributed by atoms with Crippen LogP contribution in [-0.4, -0.2) is 54.1 Å². The highest BCUT2D eigenvalue weighted by Crippen LogP contribution is 2.31. The van der Waals surface area contributed by atoms with E-state index in [1.807, 2.05) is 0 Å². The van der Waals surface area contributed by atoms with Gasteiger partial charge in [0.2, 0.25) is 0 Å². The fourth-order valence-corrected chi connectivity index (χ4v) is 3.59. The molecule has 0 radical (unpaired) electrons. The molecule has 0 aromatic rings. The molecule has 3 fully saturated rings. The number of hydrogen-bond acceptors (Lipinski definition) is 3. The maximum Gasteiger partial charge on any atom is 0.0283 e. The molecule has 16 heavy (non-hydrogen) atoms. The number of rotatable bonds is 3. The number of likely N-dealkylation sites (tertiary alicyclic amines) is 2. The van der Waals surface area contributed by atoms with E-state index in [-0.39, 0.29) is 5.54 Å². The molecule has 0 spiro atoms. The van der Waals surface area contributed by atoms with Gasteiger partial charge in [-0.3, -0.25) is 9.80 Å². The van der Waals surface area contributed by atoms with Crippen LogP contribution < -0.4 is 5.73 Å². The zero-order chi connectivity index (χ0) is 11.0. The maximum absolute atomic E-state index is 6.33. The van der Waals surface area contributed by atoms with Crippen LogP contribution in [0.2, 0.25) is 0 Å². The molecular weight excluding hydrogens is 198 g/mol. The van der Waals surface area contributed by atoms with Gasteiger partial charge in [0, 0.05) is 24.7 Å². The van der Waals surface area contributed by atoms with Gasteiger partial charge in [-0.25, -0.2) is 0 Å². The van der Waals surface area contributed by atoms with E-state index in [1.165, 1.54) is 64.7 Å². The first-order valence-electron chi connectivity index (χ1n) is 7.01. The summed E-state index contributed by atoms with van der Waals surface area (Å²) < 4.78 is 0. The van der Waals surface area contributed by atoms with Crippen molar-refractivity contribution in [2.24, 2.45) is 5.73 Å². The molecule has 2 N–H and O–H groups in total. The fourth-order valence-electron chi connectivity index (χ4n) is 3.59. The Morgan fingerprint density at radius 1 is 1.06 bits per heavy atom. The first-order chi connectivity index (χ1) is 7.75. The van der Waals surface area contributed by atoms with Crippen molar-refractivity contribution in [2.75, 3.05) is 32.7 Å². The first-order valence-corrected chi connectivity index (χ1v) is 7.01. The average molecular weight is 223 g/mol. The smallest absolute Gasteiger partial charge is 0.0283 e. The summed E-state index contributed by atoms with van der Waals surface area (Å²) in [5.74, 6) is 0. The molecule has 2 saturated heterocycles. The molecule has 0 amide bonds. The van der Waals surface area contributed by atoms with Crippen molar-refractivity contribution in [1.82, 2.24) is 9.80 Å². The van der Waals surface area contributed by atoms with E-state index in [0.29, 0.717) is 0 Å². The summed E-state index contributed by atoms with van der Waals surface area (Å²) in [5, 5.41) is 0. The Hall–Kier alpha value is -0.120. The Morgan fingerprint density at radius 3 is 2.44 bits per heavy atom. The van der Waals surface area contributed by atoms with Crippen LogP contribution >= 0.6 is 0 Å². The second-order valence-electron chi connectivity index (χ2n) is 6.14. The van der Waals surface area contributed by atoms with Crippen LogP contribution in [0.5, 0.6) is 0 Å². The molecule has 0 aromatic carbocycles. The molecule has 1 atom stereocenters. The molecule has 3 aliphatic rings. The summed E-state index contributed by atoms with van der Waals surface area (Å²) in [6, 6.07) is 0.839. The molecule has 0 bridgehead atoms. The lowest BCUT2D eigenvalue weighted by molar-refractivity contribution is 0.153. The van der Waals surface area contributed by atoms with Gasteiger partial charge >= 0.3 is 0 Å². The highest BCUT2D eigenvalue weighted by molar-refractivity contribution is 4.97. The minimum atomic E-state index is 0.180. The van der Waals surface area contributed by atoms with Crippen LogP contribution in [0.4, 0.5) is 0 Å². The number of nitrogens with zero attached hydrogens (tertiary/aromatic N) is 2. The minimum absolute atomic E-state index is 0.180. The largest absolute Gasteiger partial charge is 0.324 e. The monoisotopic (exact) mass is 223 g/mol. The number of hydrogen-bond donors (Lipinski definition) is 1. The van der Waals surface area contributed by atoms with Crippen LogP contribution in [0.3, 0.4) is 0 Å². The SMILES string of the molecule is NC1(CN2CCC(N3CCCC3)C2)CCC1. The van der Waals surface area contributed by atoms with Gasteiger partial charge in [-0.15, -0.1) is 0 Å². The third kappa shape index (κ3) is 2.13. The summed E-state index contributed by atoms with van der Waals surface area (Å²) in [7, 11) is 0. The van der Waals surface area contributed by atoms with Crippen molar-refractivity contribution in [3.8, 4) is 0 Å². The molecular formula is C13H25N3. The summed E-state index contributed by atoms with van der Waals surface area (Å²) in [5.41, 5.74) is 6.51. The van der Waals surface area contributed by atoms with Crippen LogP contribution in [0.25, 0.3) is 0 Å². The van der Waals surface area contributed by atoms with Gasteiger partial charge in [0.1, 0.15) is 0 Å². The van der Waals surface area contributed by atoms with Gasteiger partial charge in [0.25, 0.3) is 0 Å². The van der Waals surface area contributed by atoms with Crippen LogP contribution in [0.15, 0.2) is 0 Å². The quantitative estimate of drug-likeness (QED) is 0.776. The molecule has 0 aromatic heterocycles. The van der Waals surface area contributed by atoms with Crippen molar-refractivity contribution in [1.29, 1.82) is 0 Å². The molecule has 1 unspecified atom stereocenters. The van der Waals surface area contributed by atoms with Crippen molar-refractivity contribution in [2.45, 2.75) is 50.1 Å². The van der Waals surface area contributed by atoms with Crippen LogP contribution in [0, 0.1) is 0 Å².